The van der Waals surface area contributed by atoms with Crippen molar-refractivity contribution in [2.24, 2.45) is 7.05 Å². The molecule has 0 amide bonds. The number of aromatic nitrogens is 4. The number of fused-ring (bicyclic) bond motifs is 1. The van der Waals surface area contributed by atoms with Crippen molar-refractivity contribution in [3.05, 3.63) is 86.1 Å². The Kier molecular flexibility index (Phi) is 6.71. The Morgan fingerprint density at radius 3 is 2.58 bits per heavy atom. The average Bonchev–Trinajstić information content (AvgIpc) is 3.16. The first-order valence-corrected chi connectivity index (χ1v) is 11.6. The minimum Gasteiger partial charge on any atom is -0.491 e. The summed E-state index contributed by atoms with van der Waals surface area (Å²) in [6, 6.07) is 15.6. The molecule has 0 fully saturated rings. The number of H-pyrrole nitrogens is 1. The molecule has 2 heterocycles. The lowest BCUT2D eigenvalue weighted by atomic mass is 10.1. The lowest BCUT2D eigenvalue weighted by Crippen LogP contribution is -2.29. The highest BCUT2D eigenvalue weighted by molar-refractivity contribution is 7.99. The van der Waals surface area contributed by atoms with E-state index >= 15 is 0 Å². The van der Waals surface area contributed by atoms with Crippen LogP contribution in [-0.2, 0) is 13.6 Å². The zero-order chi connectivity index (χ0) is 23.5. The monoisotopic (exact) mass is 466 g/mol. The molecule has 2 N–H and O–H groups in total. The second kappa shape index (κ2) is 9.68. The van der Waals surface area contributed by atoms with Gasteiger partial charge in [-0.25, -0.2) is 9.78 Å². The lowest BCUT2D eigenvalue weighted by molar-refractivity contribution is 0.126. The molecule has 0 spiro atoms. The summed E-state index contributed by atoms with van der Waals surface area (Å²) in [6.45, 7) is 4.51. The van der Waals surface area contributed by atoms with Crippen molar-refractivity contribution in [3.63, 3.8) is 0 Å². The lowest BCUT2D eigenvalue weighted by Gasteiger charge is -2.14. The van der Waals surface area contributed by atoms with Gasteiger partial charge in [0.15, 0.2) is 16.3 Å². The number of aryl methyl sites for hydroxylation is 3. The van der Waals surface area contributed by atoms with Gasteiger partial charge in [-0.3, -0.25) is 14.3 Å². The van der Waals surface area contributed by atoms with Crippen LogP contribution >= 0.6 is 11.8 Å². The van der Waals surface area contributed by atoms with Gasteiger partial charge in [0.1, 0.15) is 12.4 Å². The molecule has 9 heteroatoms. The van der Waals surface area contributed by atoms with Crippen molar-refractivity contribution in [2.45, 2.75) is 31.7 Å². The third-order valence-electron chi connectivity index (χ3n) is 5.36. The Labute approximate surface area is 194 Å². The van der Waals surface area contributed by atoms with Crippen molar-refractivity contribution in [1.29, 1.82) is 0 Å². The van der Waals surface area contributed by atoms with Gasteiger partial charge in [0.2, 0.25) is 0 Å². The van der Waals surface area contributed by atoms with E-state index in [1.807, 2.05) is 62.4 Å². The van der Waals surface area contributed by atoms with Gasteiger partial charge in [0.05, 0.1) is 12.6 Å². The van der Waals surface area contributed by atoms with Crippen LogP contribution in [0.2, 0.25) is 0 Å². The maximum Gasteiger partial charge on any atom is 0.329 e. The number of hydrogen-bond acceptors (Lipinski definition) is 6. The molecule has 0 unspecified atom stereocenters. The molecule has 0 saturated carbocycles. The summed E-state index contributed by atoms with van der Waals surface area (Å²) in [7, 11) is 1.57. The van der Waals surface area contributed by atoms with Crippen LogP contribution in [0.1, 0.15) is 16.7 Å². The Morgan fingerprint density at radius 1 is 1.12 bits per heavy atom. The van der Waals surface area contributed by atoms with Crippen LogP contribution in [0.25, 0.3) is 11.2 Å². The SMILES string of the molecule is Cc1ccc(Cn2c(SC[C@@H](O)COc3ccccc3C)nc3c2c(=O)[nH]c(=O)n3C)cc1. The van der Waals surface area contributed by atoms with Crippen LogP contribution in [0.5, 0.6) is 5.75 Å². The third-order valence-corrected chi connectivity index (χ3v) is 6.48. The molecular formula is C24H26N4O4S. The van der Waals surface area contributed by atoms with Crippen LogP contribution in [0.3, 0.4) is 0 Å². The van der Waals surface area contributed by atoms with E-state index in [4.69, 9.17) is 4.74 Å². The van der Waals surface area contributed by atoms with E-state index in [2.05, 4.69) is 9.97 Å². The number of aliphatic hydroxyl groups excluding tert-OH is 1. The first-order chi connectivity index (χ1) is 15.8. The van der Waals surface area contributed by atoms with Gasteiger partial charge in [0, 0.05) is 12.8 Å². The molecule has 8 nitrogen and oxygen atoms in total. The van der Waals surface area contributed by atoms with Crippen LogP contribution in [-0.4, -0.2) is 42.7 Å². The minimum absolute atomic E-state index is 0.134. The summed E-state index contributed by atoms with van der Waals surface area (Å²) in [6.07, 6.45) is -0.746. The van der Waals surface area contributed by atoms with Crippen molar-refractivity contribution < 1.29 is 9.84 Å². The van der Waals surface area contributed by atoms with Crippen LogP contribution < -0.4 is 16.0 Å². The molecule has 172 valence electrons. The summed E-state index contributed by atoms with van der Waals surface area (Å²) in [4.78, 5) is 31.6. The first kappa shape index (κ1) is 22.9. The van der Waals surface area contributed by atoms with E-state index in [-0.39, 0.29) is 6.61 Å². The third kappa shape index (κ3) is 5.04. The number of nitrogens with zero attached hydrogens (tertiary/aromatic N) is 3. The fourth-order valence-electron chi connectivity index (χ4n) is 3.47. The number of rotatable bonds is 8. The zero-order valence-electron chi connectivity index (χ0n) is 18.7. The Bertz CT molecular complexity index is 1390. The fraction of sp³-hybridized carbons (Fsp3) is 0.292. The number of imidazole rings is 1. The number of benzene rings is 2. The molecule has 0 bridgehead atoms. The van der Waals surface area contributed by atoms with Crippen molar-refractivity contribution >= 4 is 22.9 Å². The summed E-state index contributed by atoms with van der Waals surface area (Å²) in [5.74, 6) is 1.05. The number of ether oxygens (including phenoxy) is 1. The molecule has 0 aliphatic heterocycles. The number of thioether (sulfide) groups is 1. The van der Waals surface area contributed by atoms with E-state index in [9.17, 15) is 14.7 Å². The van der Waals surface area contributed by atoms with Gasteiger partial charge in [-0.15, -0.1) is 0 Å². The molecule has 0 saturated heterocycles. The van der Waals surface area contributed by atoms with Gasteiger partial charge in [0.25, 0.3) is 5.56 Å². The van der Waals surface area contributed by atoms with E-state index in [1.54, 1.807) is 11.6 Å². The quantitative estimate of drug-likeness (QED) is 0.387. The molecule has 0 aliphatic carbocycles. The molecule has 4 aromatic rings. The molecule has 0 aliphatic rings. The molecule has 0 radical (unpaired) electrons. The molecule has 4 rings (SSSR count). The first-order valence-electron chi connectivity index (χ1n) is 10.6. The largest absolute Gasteiger partial charge is 0.491 e. The summed E-state index contributed by atoms with van der Waals surface area (Å²) in [5.41, 5.74) is 2.77. The second-order valence-electron chi connectivity index (χ2n) is 8.00. The predicted molar refractivity (Wildman–Crippen MR) is 129 cm³/mol. The van der Waals surface area contributed by atoms with E-state index in [0.29, 0.717) is 28.6 Å². The number of aromatic amines is 1. The Morgan fingerprint density at radius 2 is 1.85 bits per heavy atom. The molecule has 1 atom stereocenters. The number of aliphatic hydroxyl groups is 1. The highest BCUT2D eigenvalue weighted by Gasteiger charge is 2.19. The van der Waals surface area contributed by atoms with Crippen molar-refractivity contribution in [1.82, 2.24) is 19.1 Å². The van der Waals surface area contributed by atoms with Gasteiger partial charge >= 0.3 is 5.69 Å². The topological polar surface area (TPSA) is 102 Å². The second-order valence-corrected chi connectivity index (χ2v) is 8.99. The summed E-state index contributed by atoms with van der Waals surface area (Å²) < 4.78 is 8.86. The van der Waals surface area contributed by atoms with Crippen molar-refractivity contribution in [2.75, 3.05) is 12.4 Å². The number of para-hydroxylation sites is 1. The number of hydrogen-bond donors (Lipinski definition) is 2. The van der Waals surface area contributed by atoms with Crippen LogP contribution in [0.15, 0.2) is 63.3 Å². The van der Waals surface area contributed by atoms with Crippen LogP contribution in [0.4, 0.5) is 0 Å². The fourth-order valence-corrected chi connectivity index (χ4v) is 4.37. The Hall–Kier alpha value is -3.30. The van der Waals surface area contributed by atoms with E-state index < -0.39 is 17.4 Å². The Balaban J connectivity index is 1.59. The highest BCUT2D eigenvalue weighted by atomic mass is 32.2. The highest BCUT2D eigenvalue weighted by Crippen LogP contribution is 2.24. The smallest absolute Gasteiger partial charge is 0.329 e. The maximum atomic E-state index is 12.7. The normalized spacial score (nSPS) is 12.2. The minimum atomic E-state index is -0.746. The average molecular weight is 467 g/mol. The van der Waals surface area contributed by atoms with Gasteiger partial charge in [-0.1, -0.05) is 59.8 Å². The maximum absolute atomic E-state index is 12.7. The molecule has 2 aromatic carbocycles. The zero-order valence-corrected chi connectivity index (χ0v) is 19.6. The van der Waals surface area contributed by atoms with Gasteiger partial charge in [-0.2, -0.15) is 0 Å². The van der Waals surface area contributed by atoms with E-state index in [0.717, 1.165) is 22.4 Å². The van der Waals surface area contributed by atoms with E-state index in [1.165, 1.54) is 16.3 Å². The molecule has 33 heavy (non-hydrogen) atoms. The number of nitrogens with one attached hydrogen (secondary N) is 1. The van der Waals surface area contributed by atoms with Crippen LogP contribution in [0, 0.1) is 13.8 Å². The molecule has 2 aromatic heterocycles. The molecular weight excluding hydrogens is 440 g/mol. The van der Waals surface area contributed by atoms with Gasteiger partial charge < -0.3 is 14.4 Å². The predicted octanol–water partition coefficient (Wildman–Crippen LogP) is 2.62. The standard InChI is InChI=1S/C24H26N4O4S/c1-15-8-10-17(11-9-15)12-28-20-21(27(3)23(31)26-22(20)30)25-24(28)33-14-18(29)13-32-19-7-5-4-6-16(19)2/h4-11,18,29H,12-14H2,1-3H3,(H,26,30,31)/t18-/m0/s1. The van der Waals surface area contributed by atoms with Gasteiger partial charge in [-0.05, 0) is 31.0 Å². The summed E-state index contributed by atoms with van der Waals surface area (Å²) >= 11 is 1.32. The van der Waals surface area contributed by atoms with Crippen molar-refractivity contribution in [3.8, 4) is 5.75 Å². The summed E-state index contributed by atoms with van der Waals surface area (Å²) in [5, 5.41) is 11.0.